The highest BCUT2D eigenvalue weighted by molar-refractivity contribution is 6.13. The fraction of sp³-hybridized carbons (Fsp3) is 0.514. The van der Waals surface area contributed by atoms with Crippen LogP contribution in [-0.2, 0) is 14.3 Å². The summed E-state index contributed by atoms with van der Waals surface area (Å²) in [4.78, 5) is 33.0. The first-order valence-electron chi connectivity index (χ1n) is 14.4. The molecule has 0 saturated carbocycles. The van der Waals surface area contributed by atoms with Gasteiger partial charge in [0.05, 0.1) is 0 Å². The smallest absolute Gasteiger partial charge is 0.228 e. The Morgan fingerprint density at radius 2 is 1.68 bits per heavy atom. The topological polar surface area (TPSA) is 62.2 Å². The molecule has 1 aromatic rings. The maximum Gasteiger partial charge on any atom is 0.228 e. The number of aryl methyl sites for hydroxylation is 1. The number of carbonyl (C=O) groups excluding carboxylic acids is 2. The van der Waals surface area contributed by atoms with E-state index in [4.69, 9.17) is 4.74 Å². The lowest BCUT2D eigenvalue weighted by Crippen LogP contribution is -2.40. The first kappa shape index (κ1) is 37.8. The minimum Gasteiger partial charge on any atom is -0.381 e. The van der Waals surface area contributed by atoms with Gasteiger partial charge in [-0.25, -0.2) is 4.99 Å². The highest BCUT2D eigenvalue weighted by Crippen LogP contribution is 2.28. The third-order valence-corrected chi connectivity index (χ3v) is 6.99. The van der Waals surface area contributed by atoms with Crippen LogP contribution in [0.15, 0.2) is 60.3 Å². The van der Waals surface area contributed by atoms with Crippen molar-refractivity contribution in [2.75, 3.05) is 33.4 Å². The van der Waals surface area contributed by atoms with Crippen LogP contribution in [0, 0.1) is 12.8 Å². The zero-order chi connectivity index (χ0) is 30.2. The van der Waals surface area contributed by atoms with Crippen molar-refractivity contribution < 1.29 is 14.3 Å². The SMILES string of the molecule is C.C=C/C(C(=NC(=C)C)N(C)C(=O)CC1CCN(C(C)=O)CC1)=C(/C)c1cccc(C)c1C=C.CCCOCCC. The van der Waals surface area contributed by atoms with Crippen molar-refractivity contribution >= 4 is 29.3 Å². The predicted octanol–water partition coefficient (Wildman–Crippen LogP) is 8.10. The fourth-order valence-corrected chi connectivity index (χ4v) is 4.68. The van der Waals surface area contributed by atoms with Gasteiger partial charge in [-0.15, -0.1) is 0 Å². The number of amidine groups is 1. The first-order valence-corrected chi connectivity index (χ1v) is 14.4. The molecule has 0 atom stereocenters. The molecule has 0 aromatic heterocycles. The lowest BCUT2D eigenvalue weighted by atomic mass is 9.92. The summed E-state index contributed by atoms with van der Waals surface area (Å²) in [5, 5.41) is 0. The van der Waals surface area contributed by atoms with Crippen molar-refractivity contribution in [2.45, 2.75) is 81.1 Å². The van der Waals surface area contributed by atoms with Crippen molar-refractivity contribution in [3.63, 3.8) is 0 Å². The fourth-order valence-electron chi connectivity index (χ4n) is 4.68. The lowest BCUT2D eigenvalue weighted by Gasteiger charge is -2.32. The summed E-state index contributed by atoms with van der Waals surface area (Å²) in [6, 6.07) is 6.11. The van der Waals surface area contributed by atoms with Crippen molar-refractivity contribution in [2.24, 2.45) is 10.9 Å². The number of hydrogen-bond donors (Lipinski definition) is 0. The Morgan fingerprint density at radius 3 is 2.15 bits per heavy atom. The lowest BCUT2D eigenvalue weighted by molar-refractivity contribution is -0.130. The first-order chi connectivity index (χ1) is 19.0. The molecule has 6 heteroatoms. The molecule has 1 aliphatic heterocycles. The number of amides is 2. The van der Waals surface area contributed by atoms with Crippen molar-refractivity contribution in [3.05, 3.63) is 72.0 Å². The Bertz CT molecular complexity index is 1090. The second-order valence-corrected chi connectivity index (χ2v) is 10.4. The number of likely N-dealkylation sites (N-methyl/N-ethyl adjacent to an activating group) is 1. The molecule has 0 bridgehead atoms. The molecule has 1 aromatic carbocycles. The molecule has 0 N–H and O–H groups in total. The Hall–Kier alpha value is -3.25. The third-order valence-electron chi connectivity index (χ3n) is 6.99. The summed E-state index contributed by atoms with van der Waals surface area (Å²) in [5.41, 5.74) is 5.58. The highest BCUT2D eigenvalue weighted by Gasteiger charge is 2.26. The summed E-state index contributed by atoms with van der Waals surface area (Å²) in [6.07, 6.45) is 7.97. The minimum atomic E-state index is -0.00314. The molecule has 1 aliphatic rings. The number of benzene rings is 1. The van der Waals surface area contributed by atoms with Gasteiger partial charge in [-0.1, -0.05) is 71.4 Å². The van der Waals surface area contributed by atoms with Crippen molar-refractivity contribution in [3.8, 4) is 0 Å². The van der Waals surface area contributed by atoms with Crippen LogP contribution in [0.3, 0.4) is 0 Å². The van der Waals surface area contributed by atoms with E-state index in [0.29, 0.717) is 31.0 Å². The molecular formula is C35H55N3O3. The Kier molecular flexibility index (Phi) is 18.2. The second kappa shape index (κ2) is 19.8. The summed E-state index contributed by atoms with van der Waals surface area (Å²) < 4.78 is 5.13. The quantitative estimate of drug-likeness (QED) is 0.118. The number of aliphatic imine (C=N–C) groups is 1. The summed E-state index contributed by atoms with van der Waals surface area (Å²) in [7, 11) is 1.76. The van der Waals surface area contributed by atoms with Gasteiger partial charge in [0.15, 0.2) is 0 Å². The number of allylic oxidation sites excluding steroid dienone is 2. The monoisotopic (exact) mass is 565 g/mol. The summed E-state index contributed by atoms with van der Waals surface area (Å²) >= 11 is 0. The van der Waals surface area contributed by atoms with Gasteiger partial charge in [0.1, 0.15) is 5.84 Å². The molecular weight excluding hydrogens is 510 g/mol. The molecule has 1 fully saturated rings. The van der Waals surface area contributed by atoms with Gasteiger partial charge in [-0.05, 0) is 74.6 Å². The maximum atomic E-state index is 13.3. The molecule has 2 rings (SSSR count). The average molecular weight is 566 g/mol. The number of carbonyl (C=O) groups is 2. The van der Waals surface area contributed by atoms with Gasteiger partial charge >= 0.3 is 0 Å². The maximum absolute atomic E-state index is 13.3. The van der Waals surface area contributed by atoms with Crippen LogP contribution in [0.4, 0.5) is 0 Å². The number of piperidine rings is 1. The normalized spacial score (nSPS) is 14.1. The van der Waals surface area contributed by atoms with E-state index >= 15 is 0 Å². The van der Waals surface area contributed by atoms with Crippen LogP contribution in [0.2, 0.25) is 0 Å². The Labute approximate surface area is 250 Å². The number of rotatable bonds is 11. The van der Waals surface area contributed by atoms with E-state index < -0.39 is 0 Å². The van der Waals surface area contributed by atoms with E-state index in [1.165, 1.54) is 0 Å². The molecule has 0 aliphatic carbocycles. The van der Waals surface area contributed by atoms with Crippen LogP contribution in [0.25, 0.3) is 11.6 Å². The highest BCUT2D eigenvalue weighted by atomic mass is 16.5. The van der Waals surface area contributed by atoms with Gasteiger partial charge in [0, 0.05) is 58.0 Å². The standard InChI is InChI=1S/C28H37N3O2.C6H14O.CH4/c1-9-24-20(5)12-11-13-26(24)21(6)25(10-2)28(29-19(3)4)30(8)27(33)18-23-14-16-31(17-15-23)22(7)32;1-3-5-7-6-4-2;/h9-13,23H,1-3,14-18H2,4-8H3;3-6H2,1-2H3;1H4/b25-21+,29-28?;;. The largest absolute Gasteiger partial charge is 0.381 e. The van der Waals surface area contributed by atoms with E-state index in [-0.39, 0.29) is 25.2 Å². The van der Waals surface area contributed by atoms with Gasteiger partial charge in [-0.2, -0.15) is 0 Å². The number of likely N-dealkylation sites (tertiary alicyclic amines) is 1. The van der Waals surface area contributed by atoms with Crippen LogP contribution in [0.5, 0.6) is 0 Å². The molecule has 0 radical (unpaired) electrons. The van der Waals surface area contributed by atoms with Crippen LogP contribution in [0.1, 0.15) is 90.8 Å². The second-order valence-electron chi connectivity index (χ2n) is 10.4. The molecule has 0 spiro atoms. The number of ether oxygens (including phenoxy) is 1. The molecule has 1 heterocycles. The third kappa shape index (κ3) is 12.0. The van der Waals surface area contributed by atoms with E-state index in [0.717, 1.165) is 66.7 Å². The van der Waals surface area contributed by atoms with Gasteiger partial charge < -0.3 is 9.64 Å². The molecule has 1 saturated heterocycles. The summed E-state index contributed by atoms with van der Waals surface area (Å²) in [5.74, 6) is 0.886. The number of hydrogen-bond acceptors (Lipinski definition) is 4. The molecule has 41 heavy (non-hydrogen) atoms. The molecule has 0 unspecified atom stereocenters. The van der Waals surface area contributed by atoms with Crippen LogP contribution in [-0.4, -0.2) is 60.8 Å². The minimum absolute atomic E-state index is 0. The van der Waals surface area contributed by atoms with Gasteiger partial charge in [0.2, 0.25) is 11.8 Å². The van der Waals surface area contributed by atoms with Gasteiger partial charge in [-0.3, -0.25) is 14.5 Å². The van der Waals surface area contributed by atoms with Crippen molar-refractivity contribution in [1.82, 2.24) is 9.80 Å². The average Bonchev–Trinajstić information content (AvgIpc) is 2.93. The van der Waals surface area contributed by atoms with E-state index in [1.807, 2.05) is 37.0 Å². The molecule has 228 valence electrons. The zero-order valence-electron chi connectivity index (χ0n) is 26.0. The molecule has 2 amide bonds. The van der Waals surface area contributed by atoms with E-state index in [1.54, 1.807) is 24.9 Å². The Balaban J connectivity index is 0.00000177. The van der Waals surface area contributed by atoms with Crippen molar-refractivity contribution in [1.29, 1.82) is 0 Å². The van der Waals surface area contributed by atoms with Crippen LogP contribution < -0.4 is 0 Å². The number of nitrogens with zero attached hydrogens (tertiary/aromatic N) is 3. The predicted molar refractivity (Wildman–Crippen MR) is 177 cm³/mol. The summed E-state index contributed by atoms with van der Waals surface area (Å²) in [6.45, 7) is 26.9. The van der Waals surface area contributed by atoms with Crippen LogP contribution >= 0.6 is 0 Å². The molecule has 6 nitrogen and oxygen atoms in total. The van der Waals surface area contributed by atoms with E-state index in [2.05, 4.69) is 51.6 Å². The Morgan fingerprint density at radius 1 is 1.10 bits per heavy atom. The van der Waals surface area contributed by atoms with E-state index in [9.17, 15) is 9.59 Å². The van der Waals surface area contributed by atoms with Gasteiger partial charge in [0.25, 0.3) is 0 Å². The zero-order valence-corrected chi connectivity index (χ0v) is 26.0.